The van der Waals surface area contributed by atoms with Crippen LogP contribution in [0.15, 0.2) is 24.3 Å². The van der Waals surface area contributed by atoms with Gasteiger partial charge in [0.25, 0.3) is 0 Å². The maximum Gasteiger partial charge on any atom is 0.330 e. The summed E-state index contributed by atoms with van der Waals surface area (Å²) in [6, 6.07) is 7.52. The fourth-order valence-electron chi connectivity index (χ4n) is 2.30. The van der Waals surface area contributed by atoms with E-state index in [0.29, 0.717) is 18.6 Å². The van der Waals surface area contributed by atoms with Crippen molar-refractivity contribution in [1.29, 1.82) is 0 Å². The summed E-state index contributed by atoms with van der Waals surface area (Å²) in [7, 11) is 1.60. The Kier molecular flexibility index (Phi) is 5.12. The molecule has 1 saturated heterocycles. The van der Waals surface area contributed by atoms with Crippen molar-refractivity contribution in [1.82, 2.24) is 5.32 Å². The van der Waals surface area contributed by atoms with Crippen LogP contribution in [0, 0.1) is 0 Å². The SMILES string of the molecule is COc1cccc(CCC(=O)NC2(C(=O)O)CCSC2)c1. The highest BCUT2D eigenvalue weighted by Gasteiger charge is 2.43. The molecule has 0 radical (unpaired) electrons. The fraction of sp³-hybridized carbons (Fsp3) is 0.467. The van der Waals surface area contributed by atoms with Crippen molar-refractivity contribution >= 4 is 23.6 Å². The highest BCUT2D eigenvalue weighted by atomic mass is 32.2. The van der Waals surface area contributed by atoms with Crippen LogP contribution in [0.1, 0.15) is 18.4 Å². The Morgan fingerprint density at radius 2 is 2.29 bits per heavy atom. The lowest BCUT2D eigenvalue weighted by Crippen LogP contribution is -2.54. The first-order chi connectivity index (χ1) is 10.1. The second-order valence-corrected chi connectivity index (χ2v) is 6.19. The minimum atomic E-state index is -1.09. The number of ether oxygens (including phenoxy) is 1. The Morgan fingerprint density at radius 3 is 2.90 bits per heavy atom. The second kappa shape index (κ2) is 6.85. The van der Waals surface area contributed by atoms with Crippen LogP contribution in [0.5, 0.6) is 5.75 Å². The molecule has 0 bridgehead atoms. The first-order valence-corrected chi connectivity index (χ1v) is 7.96. The number of carboxylic acids is 1. The molecule has 2 rings (SSSR count). The number of benzene rings is 1. The van der Waals surface area contributed by atoms with Crippen molar-refractivity contribution in [2.24, 2.45) is 0 Å². The predicted molar refractivity (Wildman–Crippen MR) is 81.8 cm³/mol. The molecule has 6 heteroatoms. The van der Waals surface area contributed by atoms with E-state index in [4.69, 9.17) is 4.74 Å². The molecule has 1 aromatic rings. The van der Waals surface area contributed by atoms with Gasteiger partial charge in [0.1, 0.15) is 11.3 Å². The van der Waals surface area contributed by atoms with Gasteiger partial charge in [-0.3, -0.25) is 4.79 Å². The fourth-order valence-corrected chi connectivity index (χ4v) is 3.63. The lowest BCUT2D eigenvalue weighted by atomic mass is 9.98. The molecule has 114 valence electrons. The van der Waals surface area contributed by atoms with Gasteiger partial charge in [-0.2, -0.15) is 11.8 Å². The van der Waals surface area contributed by atoms with Crippen LogP contribution in [-0.4, -0.2) is 41.1 Å². The molecule has 0 saturated carbocycles. The number of carbonyl (C=O) groups excluding carboxylic acids is 1. The van der Waals surface area contributed by atoms with Gasteiger partial charge in [0.15, 0.2) is 0 Å². The lowest BCUT2D eigenvalue weighted by Gasteiger charge is -2.24. The van der Waals surface area contributed by atoms with Crippen LogP contribution in [0.4, 0.5) is 0 Å². The number of amides is 1. The molecular weight excluding hydrogens is 290 g/mol. The molecular formula is C15H19NO4S. The summed E-state index contributed by atoms with van der Waals surface area (Å²) < 4.78 is 5.14. The molecule has 1 atom stereocenters. The molecule has 1 heterocycles. The van der Waals surface area contributed by atoms with Crippen molar-refractivity contribution in [3.05, 3.63) is 29.8 Å². The third-order valence-corrected chi connectivity index (χ3v) is 4.77. The number of carbonyl (C=O) groups is 2. The minimum absolute atomic E-state index is 0.220. The number of aliphatic carboxylic acids is 1. The van der Waals surface area contributed by atoms with Gasteiger partial charge in [0.05, 0.1) is 7.11 Å². The van der Waals surface area contributed by atoms with Crippen LogP contribution >= 0.6 is 11.8 Å². The molecule has 5 nitrogen and oxygen atoms in total. The number of thioether (sulfide) groups is 1. The topological polar surface area (TPSA) is 75.6 Å². The van der Waals surface area contributed by atoms with E-state index in [9.17, 15) is 14.7 Å². The second-order valence-electron chi connectivity index (χ2n) is 5.09. The van der Waals surface area contributed by atoms with Gasteiger partial charge in [-0.05, 0) is 36.3 Å². The van der Waals surface area contributed by atoms with Crippen LogP contribution in [0.3, 0.4) is 0 Å². The first kappa shape index (κ1) is 15.7. The third kappa shape index (κ3) is 3.91. The minimum Gasteiger partial charge on any atom is -0.497 e. The van der Waals surface area contributed by atoms with E-state index in [2.05, 4.69) is 5.32 Å². The molecule has 2 N–H and O–H groups in total. The van der Waals surface area contributed by atoms with Gasteiger partial charge in [0.2, 0.25) is 5.91 Å². The van der Waals surface area contributed by atoms with Crippen molar-refractivity contribution < 1.29 is 19.4 Å². The van der Waals surface area contributed by atoms with Crippen molar-refractivity contribution in [2.75, 3.05) is 18.6 Å². The lowest BCUT2D eigenvalue weighted by molar-refractivity contribution is -0.146. The average molecular weight is 309 g/mol. The number of rotatable bonds is 6. The Labute approximate surface area is 128 Å². The van der Waals surface area contributed by atoms with Crippen molar-refractivity contribution in [2.45, 2.75) is 24.8 Å². The zero-order valence-electron chi connectivity index (χ0n) is 11.9. The average Bonchev–Trinajstić information content (AvgIpc) is 2.95. The van der Waals surface area contributed by atoms with Gasteiger partial charge in [-0.1, -0.05) is 12.1 Å². The molecule has 1 aliphatic rings. The van der Waals surface area contributed by atoms with E-state index in [0.717, 1.165) is 17.1 Å². The van der Waals surface area contributed by atoms with E-state index in [1.165, 1.54) is 0 Å². The Bertz CT molecular complexity index is 526. The van der Waals surface area contributed by atoms with Crippen LogP contribution in [0.25, 0.3) is 0 Å². The standard InChI is InChI=1S/C15H19NO4S/c1-20-12-4-2-3-11(9-12)5-6-13(17)16-15(14(18)19)7-8-21-10-15/h2-4,9H,5-8,10H2,1H3,(H,16,17)(H,18,19). The molecule has 1 fully saturated rings. The molecule has 1 unspecified atom stereocenters. The van der Waals surface area contributed by atoms with Gasteiger partial charge < -0.3 is 15.2 Å². The molecule has 0 spiro atoms. The number of hydrogen-bond donors (Lipinski definition) is 2. The molecule has 1 aromatic carbocycles. The van der Waals surface area contributed by atoms with E-state index in [1.807, 2.05) is 24.3 Å². The molecule has 1 aliphatic heterocycles. The normalized spacial score (nSPS) is 21.0. The van der Waals surface area contributed by atoms with E-state index in [1.54, 1.807) is 18.9 Å². The highest BCUT2D eigenvalue weighted by molar-refractivity contribution is 7.99. The van der Waals surface area contributed by atoms with Crippen molar-refractivity contribution in [3.8, 4) is 5.75 Å². The van der Waals surface area contributed by atoms with E-state index >= 15 is 0 Å². The van der Waals surface area contributed by atoms with E-state index < -0.39 is 11.5 Å². The van der Waals surface area contributed by atoms with Crippen molar-refractivity contribution in [3.63, 3.8) is 0 Å². The molecule has 0 aliphatic carbocycles. The van der Waals surface area contributed by atoms with Gasteiger partial charge >= 0.3 is 5.97 Å². The largest absolute Gasteiger partial charge is 0.497 e. The maximum absolute atomic E-state index is 12.0. The predicted octanol–water partition coefficient (Wildman–Crippen LogP) is 1.70. The summed E-state index contributed by atoms with van der Waals surface area (Å²) in [5, 5.41) is 12.0. The molecule has 1 amide bonds. The van der Waals surface area contributed by atoms with E-state index in [-0.39, 0.29) is 12.3 Å². The zero-order valence-corrected chi connectivity index (χ0v) is 12.7. The number of methoxy groups -OCH3 is 1. The quantitative estimate of drug-likeness (QED) is 0.836. The zero-order chi connectivity index (χ0) is 15.3. The third-order valence-electron chi connectivity index (χ3n) is 3.58. The summed E-state index contributed by atoms with van der Waals surface area (Å²) in [4.78, 5) is 23.4. The number of nitrogens with one attached hydrogen (secondary N) is 1. The van der Waals surface area contributed by atoms with Gasteiger partial charge in [-0.15, -0.1) is 0 Å². The first-order valence-electron chi connectivity index (χ1n) is 6.81. The van der Waals surface area contributed by atoms with Gasteiger partial charge in [0, 0.05) is 12.2 Å². The van der Waals surface area contributed by atoms with Crippen LogP contribution in [0.2, 0.25) is 0 Å². The molecule has 0 aromatic heterocycles. The number of carboxylic acid groups (broad SMARTS) is 1. The smallest absolute Gasteiger partial charge is 0.330 e. The number of hydrogen-bond acceptors (Lipinski definition) is 4. The number of aryl methyl sites for hydroxylation is 1. The maximum atomic E-state index is 12.0. The summed E-state index contributed by atoms with van der Waals surface area (Å²) >= 11 is 1.56. The summed E-state index contributed by atoms with van der Waals surface area (Å²) in [5.74, 6) is 0.794. The Hall–Kier alpha value is -1.69. The van der Waals surface area contributed by atoms with Gasteiger partial charge in [-0.25, -0.2) is 4.79 Å². The Balaban J connectivity index is 1.91. The summed E-state index contributed by atoms with van der Waals surface area (Å²) in [6.45, 7) is 0. The Morgan fingerprint density at radius 1 is 1.48 bits per heavy atom. The monoisotopic (exact) mass is 309 g/mol. The highest BCUT2D eigenvalue weighted by Crippen LogP contribution is 2.28. The van der Waals surface area contributed by atoms with Crippen LogP contribution in [-0.2, 0) is 16.0 Å². The summed E-state index contributed by atoms with van der Waals surface area (Å²) in [5.41, 5.74) is -0.0921. The summed E-state index contributed by atoms with van der Waals surface area (Å²) in [6.07, 6.45) is 1.32. The molecule has 21 heavy (non-hydrogen) atoms. The van der Waals surface area contributed by atoms with Crippen LogP contribution < -0.4 is 10.1 Å².